The van der Waals surface area contributed by atoms with Crippen LogP contribution in [0.5, 0.6) is 0 Å². The second-order valence-corrected chi connectivity index (χ2v) is 4.44. The number of hydrogen-bond acceptors (Lipinski definition) is 3. The predicted molar refractivity (Wildman–Crippen MR) is 71.0 cm³/mol. The van der Waals surface area contributed by atoms with Gasteiger partial charge in [-0.1, -0.05) is 23.7 Å². The summed E-state index contributed by atoms with van der Waals surface area (Å²) in [5.74, 6) is 0.748. The summed E-state index contributed by atoms with van der Waals surface area (Å²) in [4.78, 5) is 0. The number of anilines is 2. The summed E-state index contributed by atoms with van der Waals surface area (Å²) >= 11 is 5.91. The third kappa shape index (κ3) is 2.56. The number of nitrogens with zero attached hydrogens (tertiary/aromatic N) is 2. The molecule has 0 spiro atoms. The Balaban J connectivity index is 2.34. The van der Waals surface area contributed by atoms with Crippen LogP contribution in [0.25, 0.3) is 0 Å². The smallest absolute Gasteiger partial charge is 0.156 e. The van der Waals surface area contributed by atoms with E-state index in [4.69, 9.17) is 11.6 Å². The maximum atomic E-state index is 5.91. The molecular formula is C13H14ClN3. The first kappa shape index (κ1) is 11.9. The summed E-state index contributed by atoms with van der Waals surface area (Å²) in [7, 11) is 0. The van der Waals surface area contributed by atoms with Crippen molar-refractivity contribution in [1.82, 2.24) is 10.2 Å². The molecule has 0 aliphatic carbocycles. The summed E-state index contributed by atoms with van der Waals surface area (Å²) in [5.41, 5.74) is 4.18. The molecule has 0 amide bonds. The van der Waals surface area contributed by atoms with Crippen LogP contribution in [0.4, 0.5) is 11.5 Å². The van der Waals surface area contributed by atoms with Crippen LogP contribution in [0.15, 0.2) is 24.3 Å². The first-order valence-corrected chi connectivity index (χ1v) is 5.79. The fraction of sp³-hybridized carbons (Fsp3) is 0.231. The van der Waals surface area contributed by atoms with Gasteiger partial charge in [-0.3, -0.25) is 0 Å². The number of aryl methyl sites for hydroxylation is 1. The molecule has 0 saturated carbocycles. The molecule has 1 aromatic carbocycles. The fourth-order valence-corrected chi connectivity index (χ4v) is 1.73. The highest BCUT2D eigenvalue weighted by Crippen LogP contribution is 2.23. The van der Waals surface area contributed by atoms with E-state index in [1.807, 2.05) is 26.0 Å². The van der Waals surface area contributed by atoms with Gasteiger partial charge < -0.3 is 5.32 Å². The van der Waals surface area contributed by atoms with Crippen molar-refractivity contribution in [2.24, 2.45) is 0 Å². The van der Waals surface area contributed by atoms with Crippen LogP contribution in [0, 0.1) is 20.8 Å². The predicted octanol–water partition coefficient (Wildman–Crippen LogP) is 3.80. The zero-order valence-electron chi connectivity index (χ0n) is 10.1. The first-order valence-electron chi connectivity index (χ1n) is 5.41. The third-order valence-corrected chi connectivity index (χ3v) is 3.10. The van der Waals surface area contributed by atoms with Gasteiger partial charge in [0.1, 0.15) is 0 Å². The molecule has 2 aromatic rings. The van der Waals surface area contributed by atoms with Crippen LogP contribution < -0.4 is 5.32 Å². The highest BCUT2D eigenvalue weighted by Gasteiger charge is 2.07. The van der Waals surface area contributed by atoms with E-state index in [2.05, 4.69) is 34.6 Å². The Kier molecular flexibility index (Phi) is 3.29. The molecular weight excluding hydrogens is 234 g/mol. The van der Waals surface area contributed by atoms with E-state index in [-0.39, 0.29) is 0 Å². The third-order valence-electron chi connectivity index (χ3n) is 2.75. The second-order valence-electron chi connectivity index (χ2n) is 4.08. The van der Waals surface area contributed by atoms with Crippen LogP contribution in [-0.2, 0) is 0 Å². The van der Waals surface area contributed by atoms with Crippen LogP contribution >= 0.6 is 11.6 Å². The molecule has 0 unspecified atom stereocenters. The lowest BCUT2D eigenvalue weighted by Gasteiger charge is -2.10. The molecule has 0 radical (unpaired) electrons. The highest BCUT2D eigenvalue weighted by molar-refractivity contribution is 6.30. The normalized spacial score (nSPS) is 10.4. The minimum atomic E-state index is 0.456. The minimum Gasteiger partial charge on any atom is -0.338 e. The Morgan fingerprint density at radius 2 is 1.82 bits per heavy atom. The molecule has 0 atom stereocenters. The van der Waals surface area contributed by atoms with Crippen molar-refractivity contribution in [2.75, 3.05) is 5.32 Å². The number of rotatable bonds is 2. The SMILES string of the molecule is Cc1cccc(Nc2nnc(Cl)c(C)c2C)c1. The van der Waals surface area contributed by atoms with Gasteiger partial charge in [0.2, 0.25) is 0 Å². The number of halogens is 1. The van der Waals surface area contributed by atoms with Gasteiger partial charge in [0.05, 0.1) is 0 Å². The molecule has 0 aliphatic rings. The van der Waals surface area contributed by atoms with Crippen LogP contribution in [0.2, 0.25) is 5.15 Å². The molecule has 3 nitrogen and oxygen atoms in total. The van der Waals surface area contributed by atoms with Gasteiger partial charge in [0.15, 0.2) is 11.0 Å². The van der Waals surface area contributed by atoms with E-state index in [1.165, 1.54) is 5.56 Å². The van der Waals surface area contributed by atoms with Crippen molar-refractivity contribution >= 4 is 23.1 Å². The molecule has 1 heterocycles. The second kappa shape index (κ2) is 4.72. The lowest BCUT2D eigenvalue weighted by Crippen LogP contribution is -2.01. The highest BCUT2D eigenvalue weighted by atomic mass is 35.5. The summed E-state index contributed by atoms with van der Waals surface area (Å²) in [5, 5.41) is 11.7. The van der Waals surface area contributed by atoms with E-state index in [1.54, 1.807) is 0 Å². The average Bonchev–Trinajstić information content (AvgIpc) is 2.30. The van der Waals surface area contributed by atoms with Crippen LogP contribution in [-0.4, -0.2) is 10.2 Å². The molecule has 0 fully saturated rings. The standard InChI is InChI=1S/C13H14ClN3/c1-8-5-4-6-11(7-8)15-13-10(3)9(2)12(14)16-17-13/h4-7H,1-3H3,(H,15,17). The van der Waals surface area contributed by atoms with E-state index in [0.717, 1.165) is 22.6 Å². The maximum Gasteiger partial charge on any atom is 0.156 e. The van der Waals surface area contributed by atoms with Crippen molar-refractivity contribution in [3.63, 3.8) is 0 Å². The van der Waals surface area contributed by atoms with Crippen molar-refractivity contribution in [3.05, 3.63) is 46.1 Å². The van der Waals surface area contributed by atoms with Crippen LogP contribution in [0.3, 0.4) is 0 Å². The Labute approximate surface area is 106 Å². The Morgan fingerprint density at radius 1 is 1.06 bits per heavy atom. The number of aromatic nitrogens is 2. The topological polar surface area (TPSA) is 37.8 Å². The zero-order valence-corrected chi connectivity index (χ0v) is 10.8. The van der Waals surface area contributed by atoms with Crippen molar-refractivity contribution < 1.29 is 0 Å². The summed E-state index contributed by atoms with van der Waals surface area (Å²) in [6.07, 6.45) is 0. The molecule has 1 aromatic heterocycles. The number of benzene rings is 1. The van der Waals surface area contributed by atoms with E-state index < -0.39 is 0 Å². The quantitative estimate of drug-likeness (QED) is 0.877. The van der Waals surface area contributed by atoms with Gasteiger partial charge in [0, 0.05) is 5.69 Å². The largest absolute Gasteiger partial charge is 0.338 e. The molecule has 17 heavy (non-hydrogen) atoms. The molecule has 0 bridgehead atoms. The zero-order chi connectivity index (χ0) is 12.4. The fourth-order valence-electron chi connectivity index (χ4n) is 1.55. The summed E-state index contributed by atoms with van der Waals surface area (Å²) < 4.78 is 0. The van der Waals surface area contributed by atoms with E-state index in [0.29, 0.717) is 5.15 Å². The van der Waals surface area contributed by atoms with Crippen molar-refractivity contribution in [3.8, 4) is 0 Å². The van der Waals surface area contributed by atoms with Gasteiger partial charge in [0.25, 0.3) is 0 Å². The summed E-state index contributed by atoms with van der Waals surface area (Å²) in [6, 6.07) is 8.11. The molecule has 4 heteroatoms. The molecule has 1 N–H and O–H groups in total. The van der Waals surface area contributed by atoms with Gasteiger partial charge in [-0.2, -0.15) is 0 Å². The van der Waals surface area contributed by atoms with Crippen molar-refractivity contribution in [1.29, 1.82) is 0 Å². The van der Waals surface area contributed by atoms with Gasteiger partial charge in [-0.25, -0.2) is 0 Å². The average molecular weight is 248 g/mol. The number of hydrogen-bond donors (Lipinski definition) is 1. The Bertz CT molecular complexity index is 552. The van der Waals surface area contributed by atoms with Gasteiger partial charge >= 0.3 is 0 Å². The lowest BCUT2D eigenvalue weighted by atomic mass is 10.2. The molecule has 0 aliphatic heterocycles. The molecule has 0 saturated heterocycles. The lowest BCUT2D eigenvalue weighted by molar-refractivity contribution is 1.00. The van der Waals surface area contributed by atoms with E-state index in [9.17, 15) is 0 Å². The monoisotopic (exact) mass is 247 g/mol. The Morgan fingerprint density at radius 3 is 2.53 bits per heavy atom. The first-order chi connectivity index (χ1) is 8.08. The van der Waals surface area contributed by atoms with Gasteiger partial charge in [-0.15, -0.1) is 10.2 Å². The Hall–Kier alpha value is -1.61. The minimum absolute atomic E-state index is 0.456. The molecule has 88 valence electrons. The summed E-state index contributed by atoms with van der Waals surface area (Å²) in [6.45, 7) is 5.97. The van der Waals surface area contributed by atoms with Crippen LogP contribution in [0.1, 0.15) is 16.7 Å². The molecule has 2 rings (SSSR count). The maximum absolute atomic E-state index is 5.91. The van der Waals surface area contributed by atoms with E-state index >= 15 is 0 Å². The number of nitrogens with one attached hydrogen (secondary N) is 1. The van der Waals surface area contributed by atoms with Crippen molar-refractivity contribution in [2.45, 2.75) is 20.8 Å². The van der Waals surface area contributed by atoms with Gasteiger partial charge in [-0.05, 0) is 49.6 Å².